The molecule has 9 heteroatoms. The minimum atomic E-state index is -0.966. The van der Waals surface area contributed by atoms with Crippen molar-refractivity contribution in [2.45, 2.75) is 50.4 Å². The zero-order valence-corrected chi connectivity index (χ0v) is 19.6. The van der Waals surface area contributed by atoms with Crippen molar-refractivity contribution in [1.82, 2.24) is 19.7 Å². The lowest BCUT2D eigenvalue weighted by molar-refractivity contribution is -0.166. The molecule has 5 rings (SSSR count). The van der Waals surface area contributed by atoms with E-state index >= 15 is 0 Å². The molecule has 0 amide bonds. The lowest BCUT2D eigenvalue weighted by atomic mass is 9.85. The van der Waals surface area contributed by atoms with Crippen LogP contribution in [0.15, 0.2) is 36.5 Å². The van der Waals surface area contributed by atoms with Crippen LogP contribution in [0.5, 0.6) is 11.6 Å². The molecular weight excluding hydrogens is 436 g/mol. The number of hydrogen-bond acceptors (Lipinski definition) is 8. The molecule has 0 radical (unpaired) electrons. The average molecular weight is 465 g/mol. The number of esters is 1. The van der Waals surface area contributed by atoms with E-state index in [0.29, 0.717) is 43.6 Å². The number of nitrogens with zero attached hydrogens (tertiary/aromatic N) is 4. The third-order valence-electron chi connectivity index (χ3n) is 6.56. The summed E-state index contributed by atoms with van der Waals surface area (Å²) in [6.45, 7) is 0.359. The molecule has 2 heterocycles. The summed E-state index contributed by atoms with van der Waals surface area (Å²) >= 11 is 0. The maximum atomic E-state index is 12.3. The SMILES string of the molecule is COC(=O)C1(OC)CC=C(c2nc(OCc3ccc(OC)cc3)c3cnn(C4CC4)c3n2)CC1. The van der Waals surface area contributed by atoms with Gasteiger partial charge >= 0.3 is 5.97 Å². The Morgan fingerprint density at radius 3 is 2.56 bits per heavy atom. The van der Waals surface area contributed by atoms with Gasteiger partial charge in [-0.1, -0.05) is 18.2 Å². The molecule has 1 fully saturated rings. The van der Waals surface area contributed by atoms with Crippen LogP contribution >= 0.6 is 0 Å². The fourth-order valence-electron chi connectivity index (χ4n) is 4.29. The van der Waals surface area contributed by atoms with Crippen LogP contribution in [0.1, 0.15) is 49.5 Å². The monoisotopic (exact) mass is 464 g/mol. The molecule has 0 aliphatic heterocycles. The van der Waals surface area contributed by atoms with Crippen LogP contribution in [-0.4, -0.2) is 52.6 Å². The number of rotatable bonds is 8. The van der Waals surface area contributed by atoms with Crippen LogP contribution in [0.25, 0.3) is 16.6 Å². The number of ether oxygens (including phenoxy) is 4. The predicted molar refractivity (Wildman–Crippen MR) is 125 cm³/mol. The lowest BCUT2D eigenvalue weighted by Crippen LogP contribution is -2.42. The molecule has 1 unspecified atom stereocenters. The standard InChI is InChI=1S/C25H28N4O5/c1-31-19-8-4-16(5-9-19)15-34-23-20-14-26-29(18-6-7-18)22(20)27-21(28-23)17-10-12-25(33-3,13-11-17)24(30)32-2/h4-5,8-10,14,18H,6-7,11-13,15H2,1-3H3. The first kappa shape index (κ1) is 22.3. The second-order valence-corrected chi connectivity index (χ2v) is 8.67. The van der Waals surface area contributed by atoms with Gasteiger partial charge in [0.1, 0.15) is 17.7 Å². The molecule has 2 aromatic heterocycles. The van der Waals surface area contributed by atoms with Crippen LogP contribution in [-0.2, 0) is 20.9 Å². The molecule has 0 saturated heterocycles. The highest BCUT2D eigenvalue weighted by Crippen LogP contribution is 2.39. The van der Waals surface area contributed by atoms with Crippen molar-refractivity contribution in [3.63, 3.8) is 0 Å². The maximum absolute atomic E-state index is 12.3. The fraction of sp³-hybridized carbons (Fsp3) is 0.440. The van der Waals surface area contributed by atoms with Gasteiger partial charge in [0.15, 0.2) is 17.1 Å². The zero-order valence-electron chi connectivity index (χ0n) is 19.6. The van der Waals surface area contributed by atoms with Crippen LogP contribution < -0.4 is 9.47 Å². The second-order valence-electron chi connectivity index (χ2n) is 8.67. The molecule has 2 aliphatic carbocycles. The topological polar surface area (TPSA) is 97.6 Å². The van der Waals surface area contributed by atoms with Gasteiger partial charge in [-0.25, -0.2) is 14.5 Å². The highest BCUT2D eigenvalue weighted by molar-refractivity contribution is 5.84. The van der Waals surface area contributed by atoms with Gasteiger partial charge in [-0.3, -0.25) is 0 Å². The number of hydrogen-bond donors (Lipinski definition) is 0. The van der Waals surface area contributed by atoms with E-state index in [-0.39, 0.29) is 5.97 Å². The largest absolute Gasteiger partial charge is 0.497 e. The molecule has 0 spiro atoms. The Kier molecular flexibility index (Phi) is 5.95. The molecule has 1 atom stereocenters. The Morgan fingerprint density at radius 2 is 1.94 bits per heavy atom. The number of methoxy groups -OCH3 is 3. The Hall–Kier alpha value is -3.46. The molecule has 1 aromatic carbocycles. The van der Waals surface area contributed by atoms with Crippen molar-refractivity contribution >= 4 is 22.6 Å². The van der Waals surface area contributed by atoms with Gasteiger partial charge in [-0.15, -0.1) is 0 Å². The quantitative estimate of drug-likeness (QED) is 0.464. The van der Waals surface area contributed by atoms with Crippen molar-refractivity contribution < 1.29 is 23.7 Å². The van der Waals surface area contributed by atoms with E-state index < -0.39 is 5.60 Å². The number of aromatic nitrogens is 4. The molecule has 0 N–H and O–H groups in total. The summed E-state index contributed by atoms with van der Waals surface area (Å²) < 4.78 is 23.9. The van der Waals surface area contributed by atoms with Crippen molar-refractivity contribution in [3.05, 3.63) is 47.9 Å². The number of allylic oxidation sites excluding steroid dienone is 1. The summed E-state index contributed by atoms with van der Waals surface area (Å²) in [7, 11) is 4.56. The van der Waals surface area contributed by atoms with E-state index in [4.69, 9.17) is 28.9 Å². The van der Waals surface area contributed by atoms with Gasteiger partial charge < -0.3 is 18.9 Å². The fourth-order valence-corrected chi connectivity index (χ4v) is 4.29. The molecule has 1 saturated carbocycles. The minimum absolute atomic E-state index is 0.359. The van der Waals surface area contributed by atoms with E-state index in [2.05, 4.69) is 5.10 Å². The normalized spacial score (nSPS) is 20.1. The third kappa shape index (κ3) is 4.11. The minimum Gasteiger partial charge on any atom is -0.497 e. The van der Waals surface area contributed by atoms with E-state index in [0.717, 1.165) is 40.8 Å². The third-order valence-corrected chi connectivity index (χ3v) is 6.56. The van der Waals surface area contributed by atoms with Crippen LogP contribution in [0.4, 0.5) is 0 Å². The Balaban J connectivity index is 1.47. The van der Waals surface area contributed by atoms with Gasteiger partial charge in [0.25, 0.3) is 0 Å². The Bertz CT molecular complexity index is 1230. The van der Waals surface area contributed by atoms with Crippen molar-refractivity contribution in [2.75, 3.05) is 21.3 Å². The van der Waals surface area contributed by atoms with Gasteiger partial charge in [-0.2, -0.15) is 10.1 Å². The summed E-state index contributed by atoms with van der Waals surface area (Å²) in [5, 5.41) is 5.36. The number of carbonyl (C=O) groups excluding carboxylic acids is 1. The molecule has 0 bridgehead atoms. The molecule has 34 heavy (non-hydrogen) atoms. The first-order valence-corrected chi connectivity index (χ1v) is 11.4. The van der Waals surface area contributed by atoms with Crippen molar-refractivity contribution in [2.24, 2.45) is 0 Å². The van der Waals surface area contributed by atoms with Gasteiger partial charge in [0.2, 0.25) is 5.88 Å². The summed E-state index contributed by atoms with van der Waals surface area (Å²) in [4.78, 5) is 21.9. The molecule has 2 aliphatic rings. The average Bonchev–Trinajstić information content (AvgIpc) is 3.65. The first-order valence-electron chi connectivity index (χ1n) is 11.4. The van der Waals surface area contributed by atoms with E-state index in [1.165, 1.54) is 14.2 Å². The van der Waals surface area contributed by atoms with Crippen LogP contribution in [0.3, 0.4) is 0 Å². The number of benzene rings is 1. The summed E-state index contributed by atoms with van der Waals surface area (Å²) in [6.07, 6.45) is 7.42. The highest BCUT2D eigenvalue weighted by Gasteiger charge is 2.41. The van der Waals surface area contributed by atoms with Crippen molar-refractivity contribution in [1.29, 1.82) is 0 Å². The van der Waals surface area contributed by atoms with Crippen LogP contribution in [0, 0.1) is 0 Å². The van der Waals surface area contributed by atoms with Gasteiger partial charge in [-0.05, 0) is 49.0 Å². The summed E-state index contributed by atoms with van der Waals surface area (Å²) in [5.41, 5.74) is 1.76. The highest BCUT2D eigenvalue weighted by atomic mass is 16.6. The smallest absolute Gasteiger partial charge is 0.338 e. The van der Waals surface area contributed by atoms with Crippen LogP contribution in [0.2, 0.25) is 0 Å². The maximum Gasteiger partial charge on any atom is 0.338 e. The van der Waals surface area contributed by atoms with E-state index in [1.807, 2.05) is 35.0 Å². The molecule has 3 aromatic rings. The Morgan fingerprint density at radius 1 is 1.15 bits per heavy atom. The van der Waals surface area contributed by atoms with E-state index in [9.17, 15) is 4.79 Å². The molecule has 9 nitrogen and oxygen atoms in total. The first-order chi connectivity index (χ1) is 16.6. The van der Waals surface area contributed by atoms with Gasteiger partial charge in [0, 0.05) is 13.5 Å². The van der Waals surface area contributed by atoms with Crippen molar-refractivity contribution in [3.8, 4) is 11.6 Å². The van der Waals surface area contributed by atoms with Gasteiger partial charge in [0.05, 0.1) is 26.5 Å². The Labute approximate surface area is 197 Å². The number of fused-ring (bicyclic) bond motifs is 1. The summed E-state index contributed by atoms with van der Waals surface area (Å²) in [6, 6.07) is 8.11. The summed E-state index contributed by atoms with van der Waals surface area (Å²) in [5.74, 6) is 1.52. The molecular formula is C25H28N4O5. The second kappa shape index (κ2) is 9.06. The number of carbonyl (C=O) groups is 1. The predicted octanol–water partition coefficient (Wildman–Crippen LogP) is 3.87. The zero-order chi connectivity index (χ0) is 23.7. The lowest BCUT2D eigenvalue weighted by Gasteiger charge is -2.32. The molecule has 178 valence electrons. The van der Waals surface area contributed by atoms with E-state index in [1.54, 1.807) is 13.3 Å².